The van der Waals surface area contributed by atoms with Gasteiger partial charge in [-0.05, 0) is 30.5 Å². The molecule has 1 rings (SSSR count). The second-order valence-corrected chi connectivity index (χ2v) is 4.78. The van der Waals surface area contributed by atoms with E-state index in [-0.39, 0.29) is 22.3 Å². The van der Waals surface area contributed by atoms with Gasteiger partial charge in [-0.1, -0.05) is 26.2 Å². The van der Waals surface area contributed by atoms with Crippen LogP contribution in [0.15, 0.2) is 12.1 Å². The fourth-order valence-corrected chi connectivity index (χ4v) is 2.17. The van der Waals surface area contributed by atoms with Crippen molar-refractivity contribution in [1.82, 2.24) is 0 Å². The average molecular weight is 294 g/mol. The summed E-state index contributed by atoms with van der Waals surface area (Å²) in [4.78, 5) is 33.5. The maximum atomic E-state index is 11.3. The third-order valence-corrected chi connectivity index (χ3v) is 3.24. The molecule has 3 N–H and O–H groups in total. The van der Waals surface area contributed by atoms with Crippen molar-refractivity contribution in [3.05, 3.63) is 34.4 Å². The maximum Gasteiger partial charge on any atom is 0.336 e. The van der Waals surface area contributed by atoms with Gasteiger partial charge in [0.2, 0.25) is 0 Å². The highest BCUT2D eigenvalue weighted by atomic mass is 16.4. The Labute approximate surface area is 122 Å². The number of rotatable bonds is 8. The van der Waals surface area contributed by atoms with E-state index in [1.165, 1.54) is 0 Å². The molecule has 0 aliphatic carbocycles. The lowest BCUT2D eigenvalue weighted by atomic mass is 9.93. The minimum atomic E-state index is -1.35. The molecule has 6 heteroatoms. The normalized spacial score (nSPS) is 10.3. The quantitative estimate of drug-likeness (QED) is 0.635. The molecular weight excluding hydrogens is 276 g/mol. The number of carboxylic acid groups (broad SMARTS) is 3. The lowest BCUT2D eigenvalue weighted by Gasteiger charge is -2.11. The van der Waals surface area contributed by atoms with Crippen molar-refractivity contribution >= 4 is 17.9 Å². The molecule has 0 radical (unpaired) electrons. The Hall–Kier alpha value is -2.37. The van der Waals surface area contributed by atoms with E-state index in [0.717, 1.165) is 31.4 Å². The van der Waals surface area contributed by atoms with Crippen molar-refractivity contribution in [2.24, 2.45) is 0 Å². The summed E-state index contributed by atoms with van der Waals surface area (Å²) in [7, 11) is 0. The SMILES string of the molecule is CCCCCCc1c(C(=O)O)cc(C(=O)O)cc1C(=O)O. The predicted molar refractivity (Wildman–Crippen MR) is 75.2 cm³/mol. The van der Waals surface area contributed by atoms with Crippen LogP contribution in [0.3, 0.4) is 0 Å². The van der Waals surface area contributed by atoms with Crippen LogP contribution in [0.1, 0.15) is 69.2 Å². The van der Waals surface area contributed by atoms with E-state index >= 15 is 0 Å². The van der Waals surface area contributed by atoms with Crippen LogP contribution in [-0.4, -0.2) is 33.2 Å². The molecule has 0 aromatic heterocycles. The Morgan fingerprint density at radius 1 is 0.857 bits per heavy atom. The molecule has 0 bridgehead atoms. The Kier molecular flexibility index (Phi) is 5.90. The van der Waals surface area contributed by atoms with Crippen LogP contribution in [0, 0.1) is 0 Å². The van der Waals surface area contributed by atoms with Crippen molar-refractivity contribution in [3.8, 4) is 0 Å². The molecule has 0 amide bonds. The Bertz CT molecular complexity index is 526. The summed E-state index contributed by atoms with van der Waals surface area (Å²) in [5, 5.41) is 27.3. The largest absolute Gasteiger partial charge is 0.478 e. The molecule has 0 fully saturated rings. The molecule has 0 heterocycles. The third kappa shape index (κ3) is 4.30. The van der Waals surface area contributed by atoms with Gasteiger partial charge in [0.15, 0.2) is 0 Å². The van der Waals surface area contributed by atoms with E-state index in [9.17, 15) is 24.6 Å². The monoisotopic (exact) mass is 294 g/mol. The summed E-state index contributed by atoms with van der Waals surface area (Å²) in [5.41, 5.74) is -0.634. The van der Waals surface area contributed by atoms with Gasteiger partial charge in [-0.25, -0.2) is 14.4 Å². The van der Waals surface area contributed by atoms with Gasteiger partial charge in [-0.2, -0.15) is 0 Å². The number of carboxylic acids is 3. The first kappa shape index (κ1) is 16.7. The van der Waals surface area contributed by atoms with Gasteiger partial charge in [0.05, 0.1) is 16.7 Å². The van der Waals surface area contributed by atoms with Gasteiger partial charge < -0.3 is 15.3 Å². The van der Waals surface area contributed by atoms with E-state index in [1.54, 1.807) is 0 Å². The van der Waals surface area contributed by atoms with Crippen LogP contribution in [0.4, 0.5) is 0 Å². The molecule has 0 aliphatic heterocycles. The minimum absolute atomic E-state index is 0.191. The van der Waals surface area contributed by atoms with Crippen LogP contribution >= 0.6 is 0 Å². The number of benzene rings is 1. The van der Waals surface area contributed by atoms with Gasteiger partial charge in [0, 0.05) is 0 Å². The molecule has 1 aromatic carbocycles. The van der Waals surface area contributed by atoms with Crippen LogP contribution in [0.2, 0.25) is 0 Å². The number of hydrogen-bond acceptors (Lipinski definition) is 3. The molecule has 0 saturated carbocycles. The lowest BCUT2D eigenvalue weighted by Crippen LogP contribution is -2.13. The number of hydrogen-bond donors (Lipinski definition) is 3. The van der Waals surface area contributed by atoms with Crippen LogP contribution < -0.4 is 0 Å². The zero-order valence-corrected chi connectivity index (χ0v) is 11.8. The summed E-state index contributed by atoms with van der Waals surface area (Å²) in [6, 6.07) is 2.04. The third-order valence-electron chi connectivity index (χ3n) is 3.24. The number of unbranched alkanes of at least 4 members (excludes halogenated alkanes) is 3. The topological polar surface area (TPSA) is 112 Å². The predicted octanol–water partition coefficient (Wildman–Crippen LogP) is 2.90. The number of carbonyl (C=O) groups is 3. The smallest absolute Gasteiger partial charge is 0.336 e. The van der Waals surface area contributed by atoms with Crippen molar-refractivity contribution < 1.29 is 29.7 Å². The zero-order chi connectivity index (χ0) is 16.0. The minimum Gasteiger partial charge on any atom is -0.478 e. The fraction of sp³-hybridized carbons (Fsp3) is 0.400. The molecule has 0 spiro atoms. The zero-order valence-electron chi connectivity index (χ0n) is 11.8. The van der Waals surface area contributed by atoms with E-state index in [4.69, 9.17) is 5.11 Å². The molecule has 0 aliphatic rings. The van der Waals surface area contributed by atoms with E-state index < -0.39 is 17.9 Å². The maximum absolute atomic E-state index is 11.3. The Balaban J connectivity index is 3.26. The molecular formula is C15H18O6. The second kappa shape index (κ2) is 7.42. The fourth-order valence-electron chi connectivity index (χ4n) is 2.17. The van der Waals surface area contributed by atoms with Crippen molar-refractivity contribution in [3.63, 3.8) is 0 Å². The van der Waals surface area contributed by atoms with E-state index in [2.05, 4.69) is 0 Å². The highest BCUT2D eigenvalue weighted by Crippen LogP contribution is 2.21. The molecule has 6 nitrogen and oxygen atoms in total. The first-order valence-electron chi connectivity index (χ1n) is 6.75. The van der Waals surface area contributed by atoms with Crippen molar-refractivity contribution in [1.29, 1.82) is 0 Å². The highest BCUT2D eigenvalue weighted by Gasteiger charge is 2.21. The van der Waals surface area contributed by atoms with Crippen molar-refractivity contribution in [2.75, 3.05) is 0 Å². The van der Waals surface area contributed by atoms with Crippen LogP contribution in [0.5, 0.6) is 0 Å². The van der Waals surface area contributed by atoms with Gasteiger partial charge >= 0.3 is 17.9 Å². The molecule has 0 unspecified atom stereocenters. The first-order valence-corrected chi connectivity index (χ1v) is 6.75. The van der Waals surface area contributed by atoms with E-state index in [0.29, 0.717) is 12.8 Å². The van der Waals surface area contributed by atoms with E-state index in [1.807, 2.05) is 6.92 Å². The summed E-state index contributed by atoms with van der Waals surface area (Å²) in [6.07, 6.45) is 3.84. The molecule has 21 heavy (non-hydrogen) atoms. The van der Waals surface area contributed by atoms with Gasteiger partial charge in [0.1, 0.15) is 0 Å². The second-order valence-electron chi connectivity index (χ2n) is 4.78. The summed E-state index contributed by atoms with van der Waals surface area (Å²) in [6.45, 7) is 2.03. The summed E-state index contributed by atoms with van der Waals surface area (Å²) >= 11 is 0. The van der Waals surface area contributed by atoms with Gasteiger partial charge in [-0.3, -0.25) is 0 Å². The molecule has 0 saturated heterocycles. The van der Waals surface area contributed by atoms with Gasteiger partial charge in [-0.15, -0.1) is 0 Å². The standard InChI is InChI=1S/C15H18O6/c1-2-3-4-5-6-10-11(14(18)19)7-9(13(16)17)8-12(10)15(20)21/h7-8H,2-6H2,1H3,(H,16,17)(H,18,19)(H,20,21). The number of aromatic carboxylic acids is 3. The first-order chi connectivity index (χ1) is 9.88. The van der Waals surface area contributed by atoms with Crippen molar-refractivity contribution in [2.45, 2.75) is 39.0 Å². The van der Waals surface area contributed by atoms with Crippen LogP contribution in [0.25, 0.3) is 0 Å². The Morgan fingerprint density at radius 3 is 1.76 bits per heavy atom. The molecule has 0 atom stereocenters. The van der Waals surface area contributed by atoms with Gasteiger partial charge in [0.25, 0.3) is 0 Å². The summed E-state index contributed by atoms with van der Waals surface area (Å²) < 4.78 is 0. The molecule has 114 valence electrons. The lowest BCUT2D eigenvalue weighted by molar-refractivity contribution is 0.0694. The average Bonchev–Trinajstić information content (AvgIpc) is 2.42. The Morgan fingerprint density at radius 2 is 1.38 bits per heavy atom. The highest BCUT2D eigenvalue weighted by molar-refractivity contribution is 6.01. The molecule has 1 aromatic rings. The summed E-state index contributed by atoms with van der Waals surface area (Å²) in [5.74, 6) is -3.98. The van der Waals surface area contributed by atoms with Crippen LogP contribution in [-0.2, 0) is 6.42 Å².